The second-order valence-corrected chi connectivity index (χ2v) is 4.60. The molecule has 3 rings (SSSR count). The van der Waals surface area contributed by atoms with Crippen LogP contribution in [0, 0.1) is 0 Å². The summed E-state index contributed by atoms with van der Waals surface area (Å²) in [7, 11) is 0. The van der Waals surface area contributed by atoms with E-state index in [2.05, 4.69) is 18.7 Å². The molecule has 0 saturated heterocycles. The van der Waals surface area contributed by atoms with Gasteiger partial charge in [0, 0.05) is 11.1 Å². The van der Waals surface area contributed by atoms with Gasteiger partial charge in [-0.25, -0.2) is 9.97 Å². The van der Waals surface area contributed by atoms with E-state index in [-0.39, 0.29) is 0 Å². The summed E-state index contributed by atoms with van der Waals surface area (Å²) in [6, 6.07) is 8.02. The van der Waals surface area contributed by atoms with Gasteiger partial charge in [-0.2, -0.15) is 8.75 Å². The summed E-state index contributed by atoms with van der Waals surface area (Å²) in [6.07, 6.45) is 3.13. The molecule has 0 unspecified atom stereocenters. The first-order chi connectivity index (χ1) is 7.95. The SMILES string of the molecule is c1ccc(-c2ncns2)c(-c2ncns2)c1. The fourth-order valence-electron chi connectivity index (χ4n) is 1.44. The molecule has 0 N–H and O–H groups in total. The van der Waals surface area contributed by atoms with Crippen LogP contribution in [0.3, 0.4) is 0 Å². The summed E-state index contributed by atoms with van der Waals surface area (Å²) < 4.78 is 8.04. The van der Waals surface area contributed by atoms with Crippen molar-refractivity contribution in [2.45, 2.75) is 0 Å². The largest absolute Gasteiger partial charge is 0.223 e. The zero-order chi connectivity index (χ0) is 10.8. The second kappa shape index (κ2) is 4.07. The van der Waals surface area contributed by atoms with E-state index in [1.165, 1.54) is 23.1 Å². The molecular weight excluding hydrogens is 240 g/mol. The normalized spacial score (nSPS) is 10.5. The maximum atomic E-state index is 4.22. The molecule has 1 aromatic carbocycles. The lowest BCUT2D eigenvalue weighted by Gasteiger charge is -2.01. The molecule has 78 valence electrons. The van der Waals surface area contributed by atoms with Crippen LogP contribution >= 0.6 is 23.1 Å². The summed E-state index contributed by atoms with van der Waals surface area (Å²) >= 11 is 2.77. The molecular formula is C10H6N4S2. The third-order valence-corrected chi connectivity index (χ3v) is 3.51. The summed E-state index contributed by atoms with van der Waals surface area (Å²) in [6.45, 7) is 0. The third-order valence-electron chi connectivity index (χ3n) is 2.11. The molecule has 3 aromatic rings. The molecule has 0 aliphatic heterocycles. The van der Waals surface area contributed by atoms with Gasteiger partial charge in [-0.05, 0) is 23.1 Å². The molecule has 4 nitrogen and oxygen atoms in total. The summed E-state index contributed by atoms with van der Waals surface area (Å²) in [5.41, 5.74) is 2.11. The Balaban J connectivity index is 2.19. The van der Waals surface area contributed by atoms with Crippen molar-refractivity contribution in [1.29, 1.82) is 0 Å². The van der Waals surface area contributed by atoms with Gasteiger partial charge in [0.1, 0.15) is 22.7 Å². The quantitative estimate of drug-likeness (QED) is 0.697. The van der Waals surface area contributed by atoms with Gasteiger partial charge in [0.25, 0.3) is 0 Å². The first kappa shape index (κ1) is 9.56. The summed E-state index contributed by atoms with van der Waals surface area (Å²) in [5.74, 6) is 0. The van der Waals surface area contributed by atoms with E-state index >= 15 is 0 Å². The number of hydrogen-bond donors (Lipinski definition) is 0. The maximum Gasteiger partial charge on any atom is 0.144 e. The zero-order valence-electron chi connectivity index (χ0n) is 8.07. The average Bonchev–Trinajstić information content (AvgIpc) is 3.03. The fraction of sp³-hybridized carbons (Fsp3) is 0. The highest BCUT2D eigenvalue weighted by molar-refractivity contribution is 7.10. The van der Waals surface area contributed by atoms with Crippen LogP contribution in [0.1, 0.15) is 0 Å². The Bertz CT molecular complexity index is 521. The molecule has 0 amide bonds. The average molecular weight is 246 g/mol. The van der Waals surface area contributed by atoms with Crippen LogP contribution in [-0.2, 0) is 0 Å². The Labute approximate surface area is 100.0 Å². The second-order valence-electron chi connectivity index (χ2n) is 3.04. The molecule has 0 fully saturated rings. The van der Waals surface area contributed by atoms with Crippen LogP contribution in [-0.4, -0.2) is 18.7 Å². The summed E-state index contributed by atoms with van der Waals surface area (Å²) in [4.78, 5) is 8.44. The Morgan fingerprint density at radius 1 is 0.750 bits per heavy atom. The molecule has 0 aliphatic rings. The van der Waals surface area contributed by atoms with E-state index in [1.807, 2.05) is 24.3 Å². The van der Waals surface area contributed by atoms with Gasteiger partial charge in [-0.15, -0.1) is 0 Å². The lowest BCUT2D eigenvalue weighted by atomic mass is 10.1. The molecule has 0 saturated carbocycles. The molecule has 6 heteroatoms. The molecule has 0 atom stereocenters. The minimum absolute atomic E-state index is 0.908. The van der Waals surface area contributed by atoms with Crippen LogP contribution in [0.4, 0.5) is 0 Å². The highest BCUT2D eigenvalue weighted by Gasteiger charge is 2.11. The zero-order valence-corrected chi connectivity index (χ0v) is 9.70. The van der Waals surface area contributed by atoms with Crippen molar-refractivity contribution >= 4 is 23.1 Å². The molecule has 2 heterocycles. The molecule has 2 aromatic heterocycles. The highest BCUT2D eigenvalue weighted by atomic mass is 32.1. The van der Waals surface area contributed by atoms with Gasteiger partial charge >= 0.3 is 0 Å². The maximum absolute atomic E-state index is 4.22. The third kappa shape index (κ3) is 1.62. The van der Waals surface area contributed by atoms with Gasteiger partial charge < -0.3 is 0 Å². The first-order valence-electron chi connectivity index (χ1n) is 4.58. The van der Waals surface area contributed by atoms with Crippen molar-refractivity contribution in [3.63, 3.8) is 0 Å². The lowest BCUT2D eigenvalue weighted by Crippen LogP contribution is -1.82. The molecule has 0 bridgehead atoms. The Morgan fingerprint density at radius 3 is 1.62 bits per heavy atom. The van der Waals surface area contributed by atoms with E-state index < -0.39 is 0 Å². The number of hydrogen-bond acceptors (Lipinski definition) is 6. The predicted octanol–water partition coefficient (Wildman–Crippen LogP) is 2.72. The number of nitrogens with zero attached hydrogens (tertiary/aromatic N) is 4. The Kier molecular flexibility index (Phi) is 2.43. The number of rotatable bonds is 2. The Morgan fingerprint density at radius 2 is 1.25 bits per heavy atom. The van der Waals surface area contributed by atoms with Crippen molar-refractivity contribution in [3.05, 3.63) is 36.9 Å². The fourth-order valence-corrected chi connectivity index (χ4v) is 2.57. The molecule has 0 radical (unpaired) electrons. The molecule has 0 aliphatic carbocycles. The topological polar surface area (TPSA) is 51.6 Å². The van der Waals surface area contributed by atoms with E-state index in [9.17, 15) is 0 Å². The van der Waals surface area contributed by atoms with Crippen LogP contribution < -0.4 is 0 Å². The van der Waals surface area contributed by atoms with E-state index in [0.717, 1.165) is 21.1 Å². The monoisotopic (exact) mass is 246 g/mol. The van der Waals surface area contributed by atoms with Gasteiger partial charge in [0.2, 0.25) is 0 Å². The Hall–Kier alpha value is -1.66. The van der Waals surface area contributed by atoms with Crippen LogP contribution in [0.25, 0.3) is 21.1 Å². The summed E-state index contributed by atoms with van der Waals surface area (Å²) in [5, 5.41) is 1.82. The van der Waals surface area contributed by atoms with Crippen molar-refractivity contribution < 1.29 is 0 Å². The first-order valence-corrected chi connectivity index (χ1v) is 6.13. The highest BCUT2D eigenvalue weighted by Crippen LogP contribution is 2.32. The van der Waals surface area contributed by atoms with E-state index in [1.54, 1.807) is 12.7 Å². The number of aromatic nitrogens is 4. The van der Waals surface area contributed by atoms with Crippen LogP contribution in [0.5, 0.6) is 0 Å². The van der Waals surface area contributed by atoms with Gasteiger partial charge in [0.15, 0.2) is 0 Å². The standard InChI is InChI=1S/C10H6N4S2/c1-2-4-8(10-12-6-14-16-10)7(3-1)9-11-5-13-15-9/h1-6H. The minimum atomic E-state index is 0.908. The predicted molar refractivity (Wildman–Crippen MR) is 64.2 cm³/mol. The van der Waals surface area contributed by atoms with E-state index in [0.29, 0.717) is 0 Å². The van der Waals surface area contributed by atoms with Crippen LogP contribution in [0.2, 0.25) is 0 Å². The van der Waals surface area contributed by atoms with Crippen LogP contribution in [0.15, 0.2) is 36.9 Å². The van der Waals surface area contributed by atoms with Crippen molar-refractivity contribution in [2.75, 3.05) is 0 Å². The van der Waals surface area contributed by atoms with E-state index in [4.69, 9.17) is 0 Å². The van der Waals surface area contributed by atoms with Gasteiger partial charge in [-0.1, -0.05) is 24.3 Å². The van der Waals surface area contributed by atoms with Gasteiger partial charge in [-0.3, -0.25) is 0 Å². The minimum Gasteiger partial charge on any atom is -0.223 e. The molecule has 16 heavy (non-hydrogen) atoms. The van der Waals surface area contributed by atoms with Crippen molar-refractivity contribution in [3.8, 4) is 21.1 Å². The number of benzene rings is 1. The smallest absolute Gasteiger partial charge is 0.144 e. The van der Waals surface area contributed by atoms with Crippen molar-refractivity contribution in [2.24, 2.45) is 0 Å². The van der Waals surface area contributed by atoms with Gasteiger partial charge in [0.05, 0.1) is 0 Å². The molecule has 0 spiro atoms. The lowest BCUT2D eigenvalue weighted by molar-refractivity contribution is 1.32. The van der Waals surface area contributed by atoms with Crippen molar-refractivity contribution in [1.82, 2.24) is 18.7 Å².